The third-order valence-corrected chi connectivity index (χ3v) is 2.72. The number of fused-ring (bicyclic) bond motifs is 1. The van der Waals surface area contributed by atoms with Crippen LogP contribution in [0.5, 0.6) is 11.5 Å². The van der Waals surface area contributed by atoms with Gasteiger partial charge in [0.15, 0.2) is 16.9 Å². The Hall–Kier alpha value is -2.48. The van der Waals surface area contributed by atoms with Crippen LogP contribution in [0.2, 0.25) is 0 Å². The number of pyridine rings is 1. The van der Waals surface area contributed by atoms with Crippen LogP contribution in [0.15, 0.2) is 29.2 Å². The second-order valence-corrected chi connectivity index (χ2v) is 3.69. The topological polar surface area (TPSA) is 64.2 Å². The van der Waals surface area contributed by atoms with Crippen LogP contribution in [-0.4, -0.2) is 18.8 Å². The summed E-state index contributed by atoms with van der Waals surface area (Å²) in [5.41, 5.74) is 0.543. The van der Waals surface area contributed by atoms with Crippen molar-refractivity contribution >= 4 is 10.9 Å². The van der Waals surface area contributed by atoms with Crippen LogP contribution >= 0.6 is 0 Å². The summed E-state index contributed by atoms with van der Waals surface area (Å²) in [6, 6.07) is 6.82. The first kappa shape index (κ1) is 12.0. The van der Waals surface area contributed by atoms with Gasteiger partial charge in [0.25, 0.3) is 0 Å². The normalized spacial score (nSPS) is 10.1. The molecule has 1 aromatic carbocycles. The fourth-order valence-electron chi connectivity index (χ4n) is 1.85. The zero-order valence-electron chi connectivity index (χ0n) is 10.1. The number of aromatic nitrogens is 1. The highest BCUT2D eigenvalue weighted by Crippen LogP contribution is 2.30. The van der Waals surface area contributed by atoms with Gasteiger partial charge in [0.1, 0.15) is 6.54 Å². The van der Waals surface area contributed by atoms with Gasteiger partial charge in [0.2, 0.25) is 0 Å². The predicted molar refractivity (Wildman–Crippen MR) is 66.9 cm³/mol. The zero-order chi connectivity index (χ0) is 13.1. The number of rotatable bonds is 3. The maximum atomic E-state index is 11.8. The van der Waals surface area contributed by atoms with E-state index in [2.05, 4.69) is 6.07 Å². The van der Waals surface area contributed by atoms with Crippen LogP contribution in [0, 0.1) is 11.3 Å². The van der Waals surface area contributed by atoms with E-state index in [1.54, 1.807) is 22.9 Å². The van der Waals surface area contributed by atoms with Gasteiger partial charge in [-0.25, -0.2) is 0 Å². The quantitative estimate of drug-likeness (QED) is 0.821. The summed E-state index contributed by atoms with van der Waals surface area (Å²) < 4.78 is 12.0. The van der Waals surface area contributed by atoms with Crippen molar-refractivity contribution in [3.05, 3.63) is 34.6 Å². The van der Waals surface area contributed by atoms with Gasteiger partial charge in [0.05, 0.1) is 25.8 Å². The van der Waals surface area contributed by atoms with Crippen molar-refractivity contribution in [2.24, 2.45) is 0 Å². The van der Waals surface area contributed by atoms with E-state index >= 15 is 0 Å². The third kappa shape index (κ3) is 1.89. The van der Waals surface area contributed by atoms with E-state index in [1.807, 2.05) is 0 Å². The Morgan fingerprint density at radius 1 is 1.28 bits per heavy atom. The van der Waals surface area contributed by atoms with Crippen molar-refractivity contribution in [2.45, 2.75) is 6.54 Å². The molecule has 0 radical (unpaired) electrons. The van der Waals surface area contributed by atoms with Crippen molar-refractivity contribution < 1.29 is 9.47 Å². The molecule has 1 aromatic heterocycles. The highest BCUT2D eigenvalue weighted by atomic mass is 16.5. The number of methoxy groups -OCH3 is 2. The van der Waals surface area contributed by atoms with Crippen molar-refractivity contribution in [1.82, 2.24) is 4.57 Å². The third-order valence-electron chi connectivity index (χ3n) is 2.72. The molecule has 0 fully saturated rings. The molecule has 0 aliphatic carbocycles. The molecule has 0 saturated heterocycles. The molecule has 0 spiro atoms. The molecule has 0 atom stereocenters. The van der Waals surface area contributed by atoms with Gasteiger partial charge >= 0.3 is 0 Å². The Labute approximate surface area is 104 Å². The van der Waals surface area contributed by atoms with E-state index < -0.39 is 0 Å². The summed E-state index contributed by atoms with van der Waals surface area (Å²) >= 11 is 0. The number of benzene rings is 1. The molecular formula is C13H12N2O3. The molecule has 2 aromatic rings. The van der Waals surface area contributed by atoms with E-state index in [4.69, 9.17) is 14.7 Å². The van der Waals surface area contributed by atoms with E-state index in [1.165, 1.54) is 20.3 Å². The van der Waals surface area contributed by atoms with Crippen LogP contribution in [0.4, 0.5) is 0 Å². The van der Waals surface area contributed by atoms with Crippen LogP contribution < -0.4 is 14.9 Å². The van der Waals surface area contributed by atoms with Crippen LogP contribution in [0.25, 0.3) is 10.9 Å². The maximum Gasteiger partial charge on any atom is 0.189 e. The summed E-state index contributed by atoms with van der Waals surface area (Å²) in [7, 11) is 3.04. The largest absolute Gasteiger partial charge is 0.493 e. The van der Waals surface area contributed by atoms with Crippen molar-refractivity contribution in [2.75, 3.05) is 14.2 Å². The Balaban J connectivity index is 2.82. The zero-order valence-corrected chi connectivity index (χ0v) is 10.1. The molecule has 5 heteroatoms. The number of ether oxygens (including phenoxy) is 2. The molecule has 0 amide bonds. The first-order valence-corrected chi connectivity index (χ1v) is 5.33. The summed E-state index contributed by atoms with van der Waals surface area (Å²) in [4.78, 5) is 11.8. The molecule has 1 heterocycles. The fraction of sp³-hybridized carbons (Fsp3) is 0.231. The SMILES string of the molecule is COc1cc2c(=O)ccn(CC#N)c2cc1OC. The Morgan fingerprint density at radius 3 is 2.56 bits per heavy atom. The molecule has 5 nitrogen and oxygen atoms in total. The van der Waals surface area contributed by atoms with Gasteiger partial charge in [0, 0.05) is 23.7 Å². The lowest BCUT2D eigenvalue weighted by Gasteiger charge is -2.11. The van der Waals surface area contributed by atoms with Crippen LogP contribution in [0.1, 0.15) is 0 Å². The second kappa shape index (κ2) is 4.80. The van der Waals surface area contributed by atoms with Crippen molar-refractivity contribution in [1.29, 1.82) is 5.26 Å². The fourth-order valence-corrected chi connectivity index (χ4v) is 1.85. The van der Waals surface area contributed by atoms with E-state index in [0.717, 1.165) is 0 Å². The number of hydrogen-bond acceptors (Lipinski definition) is 4. The second-order valence-electron chi connectivity index (χ2n) is 3.69. The molecular weight excluding hydrogens is 232 g/mol. The maximum absolute atomic E-state index is 11.8. The van der Waals surface area contributed by atoms with E-state index in [-0.39, 0.29) is 12.0 Å². The predicted octanol–water partition coefficient (Wildman–Crippen LogP) is 1.54. The van der Waals surface area contributed by atoms with E-state index in [9.17, 15) is 4.79 Å². The minimum Gasteiger partial charge on any atom is -0.493 e. The molecule has 18 heavy (non-hydrogen) atoms. The first-order chi connectivity index (χ1) is 8.71. The summed E-state index contributed by atoms with van der Waals surface area (Å²) in [5, 5.41) is 9.28. The smallest absolute Gasteiger partial charge is 0.189 e. The van der Waals surface area contributed by atoms with Crippen LogP contribution in [-0.2, 0) is 6.54 Å². The standard InChI is InChI=1S/C13H12N2O3/c1-17-12-7-9-10(8-13(12)18-2)15(6-4-14)5-3-11(9)16/h3,5,7-8H,6H2,1-2H3. The highest BCUT2D eigenvalue weighted by Gasteiger charge is 2.10. The molecule has 0 aliphatic rings. The summed E-state index contributed by atoms with van der Waals surface area (Å²) in [5.74, 6) is 1.03. The number of hydrogen-bond donors (Lipinski definition) is 0. The lowest BCUT2D eigenvalue weighted by Crippen LogP contribution is -2.08. The van der Waals surface area contributed by atoms with Gasteiger partial charge in [-0.05, 0) is 6.07 Å². The van der Waals surface area contributed by atoms with E-state index in [0.29, 0.717) is 22.4 Å². The Morgan fingerprint density at radius 2 is 1.94 bits per heavy atom. The lowest BCUT2D eigenvalue weighted by atomic mass is 10.2. The van der Waals surface area contributed by atoms with Gasteiger partial charge in [-0.3, -0.25) is 4.79 Å². The van der Waals surface area contributed by atoms with Gasteiger partial charge in [-0.1, -0.05) is 0 Å². The van der Waals surface area contributed by atoms with Crippen molar-refractivity contribution in [3.8, 4) is 17.6 Å². The molecule has 0 bridgehead atoms. The molecule has 0 N–H and O–H groups in total. The molecule has 0 aliphatic heterocycles. The molecule has 0 saturated carbocycles. The minimum absolute atomic E-state index is 0.111. The average molecular weight is 244 g/mol. The monoisotopic (exact) mass is 244 g/mol. The Kier molecular flexibility index (Phi) is 3.20. The molecule has 92 valence electrons. The minimum atomic E-state index is -0.111. The van der Waals surface area contributed by atoms with Gasteiger partial charge in [-0.2, -0.15) is 5.26 Å². The molecule has 2 rings (SSSR count). The van der Waals surface area contributed by atoms with Crippen LogP contribution in [0.3, 0.4) is 0 Å². The van der Waals surface area contributed by atoms with Crippen molar-refractivity contribution in [3.63, 3.8) is 0 Å². The lowest BCUT2D eigenvalue weighted by molar-refractivity contribution is 0.355. The summed E-state index contributed by atoms with van der Waals surface area (Å²) in [6.45, 7) is 0.173. The average Bonchev–Trinajstić information content (AvgIpc) is 2.41. The van der Waals surface area contributed by atoms with Gasteiger partial charge < -0.3 is 14.0 Å². The number of nitrogens with zero attached hydrogens (tertiary/aromatic N) is 2. The Bertz CT molecular complexity index is 683. The molecule has 0 unspecified atom stereocenters. The summed E-state index contributed by atoms with van der Waals surface area (Å²) in [6.07, 6.45) is 1.60. The van der Waals surface area contributed by atoms with Gasteiger partial charge in [-0.15, -0.1) is 0 Å². The highest BCUT2D eigenvalue weighted by molar-refractivity contribution is 5.83. The number of nitriles is 1. The first-order valence-electron chi connectivity index (χ1n) is 5.33.